The first kappa shape index (κ1) is 15.3. The highest BCUT2D eigenvalue weighted by Gasteiger charge is 2.09. The Kier molecular flexibility index (Phi) is 4.74. The number of carbonyl (C=O) groups excluding carboxylic acids is 1. The monoisotopic (exact) mass is 325 g/mol. The number of carbonyl (C=O) groups is 1. The third-order valence-corrected chi connectivity index (χ3v) is 3.78. The number of amides is 1. The van der Waals surface area contributed by atoms with E-state index in [1.54, 1.807) is 24.3 Å². The van der Waals surface area contributed by atoms with E-state index in [-0.39, 0.29) is 5.91 Å². The summed E-state index contributed by atoms with van der Waals surface area (Å²) in [6.45, 7) is 0.510. The first-order valence-corrected chi connectivity index (χ1v) is 7.74. The summed E-state index contributed by atoms with van der Waals surface area (Å²) in [5.41, 5.74) is 2.43. The van der Waals surface area contributed by atoms with Crippen molar-refractivity contribution in [2.45, 2.75) is 6.42 Å². The standard InChI is InChI=1S/C18H16ClN3O/c19-17-9-5-4-8-16(17)18(23)20-12-10-14-11-13-22(21-14)15-6-2-1-3-7-15/h1-9,11,13H,10,12H2,(H,20,23). The Morgan fingerprint density at radius 3 is 2.57 bits per heavy atom. The molecule has 0 fully saturated rings. The van der Waals surface area contributed by atoms with Crippen molar-refractivity contribution in [2.24, 2.45) is 0 Å². The van der Waals surface area contributed by atoms with E-state index in [1.807, 2.05) is 47.3 Å². The van der Waals surface area contributed by atoms with E-state index in [9.17, 15) is 4.79 Å². The summed E-state index contributed by atoms with van der Waals surface area (Å²) in [6.07, 6.45) is 2.58. The molecule has 1 aromatic heterocycles. The molecule has 1 heterocycles. The maximum Gasteiger partial charge on any atom is 0.252 e. The van der Waals surface area contributed by atoms with Crippen molar-refractivity contribution >= 4 is 17.5 Å². The Bertz CT molecular complexity index is 799. The Hall–Kier alpha value is -2.59. The zero-order valence-electron chi connectivity index (χ0n) is 12.4. The smallest absolute Gasteiger partial charge is 0.252 e. The van der Waals surface area contributed by atoms with Crippen LogP contribution in [0.15, 0.2) is 66.9 Å². The number of hydrogen-bond acceptors (Lipinski definition) is 2. The first-order valence-electron chi connectivity index (χ1n) is 7.37. The quantitative estimate of drug-likeness (QED) is 0.780. The lowest BCUT2D eigenvalue weighted by Gasteiger charge is -2.05. The lowest BCUT2D eigenvalue weighted by molar-refractivity contribution is 0.0954. The second-order valence-corrected chi connectivity index (χ2v) is 5.48. The van der Waals surface area contributed by atoms with Gasteiger partial charge in [-0.25, -0.2) is 4.68 Å². The third kappa shape index (κ3) is 3.79. The third-order valence-electron chi connectivity index (χ3n) is 3.45. The van der Waals surface area contributed by atoms with Crippen molar-refractivity contribution in [3.05, 3.63) is 83.1 Å². The fourth-order valence-corrected chi connectivity index (χ4v) is 2.49. The molecule has 0 unspecified atom stereocenters. The normalized spacial score (nSPS) is 10.5. The zero-order valence-corrected chi connectivity index (χ0v) is 13.2. The molecule has 0 aliphatic carbocycles. The number of halogens is 1. The minimum absolute atomic E-state index is 0.168. The van der Waals surface area contributed by atoms with Crippen molar-refractivity contribution < 1.29 is 4.79 Å². The molecular formula is C18H16ClN3O. The van der Waals surface area contributed by atoms with Gasteiger partial charge >= 0.3 is 0 Å². The lowest BCUT2D eigenvalue weighted by Crippen LogP contribution is -2.26. The molecule has 116 valence electrons. The van der Waals surface area contributed by atoms with Crippen LogP contribution in [-0.2, 0) is 6.42 Å². The molecule has 1 N–H and O–H groups in total. The maximum absolute atomic E-state index is 12.1. The number of nitrogens with one attached hydrogen (secondary N) is 1. The molecule has 0 aliphatic heterocycles. The molecule has 3 aromatic rings. The Labute approximate surface area is 139 Å². The fourth-order valence-electron chi connectivity index (χ4n) is 2.26. The van der Waals surface area contributed by atoms with E-state index in [0.29, 0.717) is 23.6 Å². The first-order chi connectivity index (χ1) is 11.2. The Morgan fingerprint density at radius 1 is 1.04 bits per heavy atom. The van der Waals surface area contributed by atoms with Gasteiger partial charge in [0, 0.05) is 19.2 Å². The van der Waals surface area contributed by atoms with Crippen LogP contribution in [-0.4, -0.2) is 22.2 Å². The SMILES string of the molecule is O=C(NCCc1ccn(-c2ccccc2)n1)c1ccccc1Cl. The molecule has 5 heteroatoms. The summed E-state index contributed by atoms with van der Waals surface area (Å²) in [5.74, 6) is -0.168. The second kappa shape index (κ2) is 7.11. The van der Waals surface area contributed by atoms with Crippen molar-refractivity contribution in [1.29, 1.82) is 0 Å². The molecule has 1 amide bonds. The van der Waals surface area contributed by atoms with Gasteiger partial charge in [0.2, 0.25) is 0 Å². The number of benzene rings is 2. The number of nitrogens with zero attached hydrogens (tertiary/aromatic N) is 2. The molecule has 0 saturated carbocycles. The molecule has 3 rings (SSSR count). The average molecular weight is 326 g/mol. The molecule has 0 bridgehead atoms. The topological polar surface area (TPSA) is 46.9 Å². The largest absolute Gasteiger partial charge is 0.352 e. The minimum atomic E-state index is -0.168. The van der Waals surface area contributed by atoms with Gasteiger partial charge in [-0.05, 0) is 30.3 Å². The molecule has 0 spiro atoms. The van der Waals surface area contributed by atoms with Crippen LogP contribution in [0.2, 0.25) is 5.02 Å². The molecule has 4 nitrogen and oxygen atoms in total. The summed E-state index contributed by atoms with van der Waals surface area (Å²) >= 11 is 6.01. The summed E-state index contributed by atoms with van der Waals surface area (Å²) < 4.78 is 1.82. The van der Waals surface area contributed by atoms with Gasteiger partial charge in [0.25, 0.3) is 5.91 Å². The zero-order chi connectivity index (χ0) is 16.1. The van der Waals surface area contributed by atoms with Crippen LogP contribution in [0.1, 0.15) is 16.1 Å². The molecule has 0 radical (unpaired) electrons. The van der Waals surface area contributed by atoms with E-state index in [2.05, 4.69) is 10.4 Å². The second-order valence-electron chi connectivity index (χ2n) is 5.07. The summed E-state index contributed by atoms with van der Waals surface area (Å²) in [6, 6.07) is 18.9. The van der Waals surface area contributed by atoms with Gasteiger partial charge in [0.15, 0.2) is 0 Å². The van der Waals surface area contributed by atoms with Gasteiger partial charge in [0.1, 0.15) is 0 Å². The van der Waals surface area contributed by atoms with Gasteiger partial charge in [-0.2, -0.15) is 5.10 Å². The van der Waals surface area contributed by atoms with Crippen LogP contribution in [0, 0.1) is 0 Å². The Morgan fingerprint density at radius 2 is 1.78 bits per heavy atom. The predicted molar refractivity (Wildman–Crippen MR) is 91.1 cm³/mol. The summed E-state index contributed by atoms with van der Waals surface area (Å²) in [5, 5.41) is 7.83. The van der Waals surface area contributed by atoms with Crippen LogP contribution in [0.25, 0.3) is 5.69 Å². The number of para-hydroxylation sites is 1. The highest BCUT2D eigenvalue weighted by atomic mass is 35.5. The highest BCUT2D eigenvalue weighted by molar-refractivity contribution is 6.33. The summed E-state index contributed by atoms with van der Waals surface area (Å²) in [4.78, 5) is 12.1. The van der Waals surface area contributed by atoms with Gasteiger partial charge in [-0.3, -0.25) is 4.79 Å². The molecular weight excluding hydrogens is 310 g/mol. The minimum Gasteiger partial charge on any atom is -0.352 e. The number of hydrogen-bond donors (Lipinski definition) is 1. The molecule has 0 aliphatic rings. The van der Waals surface area contributed by atoms with Crippen molar-refractivity contribution in [1.82, 2.24) is 15.1 Å². The fraction of sp³-hybridized carbons (Fsp3) is 0.111. The molecule has 0 saturated heterocycles. The van der Waals surface area contributed by atoms with Crippen LogP contribution in [0.5, 0.6) is 0 Å². The molecule has 2 aromatic carbocycles. The van der Waals surface area contributed by atoms with Crippen molar-refractivity contribution in [3.63, 3.8) is 0 Å². The van der Waals surface area contributed by atoms with Gasteiger partial charge in [-0.1, -0.05) is 41.9 Å². The van der Waals surface area contributed by atoms with Gasteiger partial charge < -0.3 is 5.32 Å². The van der Waals surface area contributed by atoms with E-state index in [0.717, 1.165) is 11.4 Å². The Balaban J connectivity index is 1.56. The highest BCUT2D eigenvalue weighted by Crippen LogP contribution is 2.14. The van der Waals surface area contributed by atoms with Crippen LogP contribution in [0.3, 0.4) is 0 Å². The van der Waals surface area contributed by atoms with E-state index in [4.69, 9.17) is 11.6 Å². The van der Waals surface area contributed by atoms with Crippen LogP contribution >= 0.6 is 11.6 Å². The van der Waals surface area contributed by atoms with Crippen LogP contribution < -0.4 is 5.32 Å². The summed E-state index contributed by atoms with van der Waals surface area (Å²) in [7, 11) is 0. The van der Waals surface area contributed by atoms with E-state index in [1.165, 1.54) is 0 Å². The van der Waals surface area contributed by atoms with Crippen molar-refractivity contribution in [3.8, 4) is 5.69 Å². The average Bonchev–Trinajstić information content (AvgIpc) is 3.05. The predicted octanol–water partition coefficient (Wildman–Crippen LogP) is 3.50. The van der Waals surface area contributed by atoms with Crippen LogP contribution in [0.4, 0.5) is 0 Å². The molecule has 23 heavy (non-hydrogen) atoms. The number of aromatic nitrogens is 2. The van der Waals surface area contributed by atoms with Crippen molar-refractivity contribution in [2.75, 3.05) is 6.54 Å². The number of rotatable bonds is 5. The van der Waals surface area contributed by atoms with E-state index >= 15 is 0 Å². The molecule has 0 atom stereocenters. The van der Waals surface area contributed by atoms with E-state index < -0.39 is 0 Å². The van der Waals surface area contributed by atoms with Gasteiger partial charge in [0.05, 0.1) is 22.0 Å². The lowest BCUT2D eigenvalue weighted by atomic mass is 10.2. The maximum atomic E-state index is 12.1. The van der Waals surface area contributed by atoms with Gasteiger partial charge in [-0.15, -0.1) is 0 Å².